The van der Waals surface area contributed by atoms with Crippen LogP contribution in [0.4, 0.5) is 0 Å². The molecule has 1 heterocycles. The Labute approximate surface area is 120 Å². The van der Waals surface area contributed by atoms with E-state index in [1.54, 1.807) is 11.8 Å². The van der Waals surface area contributed by atoms with Crippen LogP contribution in [-0.2, 0) is 16.1 Å². The fourth-order valence-electron chi connectivity index (χ4n) is 2.68. The summed E-state index contributed by atoms with van der Waals surface area (Å²) in [5.74, 6) is -0.0890. The second-order valence-corrected chi connectivity index (χ2v) is 6.45. The van der Waals surface area contributed by atoms with Crippen molar-refractivity contribution in [3.05, 3.63) is 35.9 Å². The molecule has 1 aromatic rings. The summed E-state index contributed by atoms with van der Waals surface area (Å²) >= 11 is 0. The Morgan fingerprint density at radius 2 is 1.75 bits per heavy atom. The minimum absolute atomic E-state index is 0.0200. The number of piperazine rings is 1. The summed E-state index contributed by atoms with van der Waals surface area (Å²) in [5, 5.41) is 2.77. The van der Waals surface area contributed by atoms with Gasteiger partial charge in [0, 0.05) is 6.54 Å². The van der Waals surface area contributed by atoms with E-state index in [1.165, 1.54) is 0 Å². The number of carbonyl (C=O) groups is 2. The van der Waals surface area contributed by atoms with Gasteiger partial charge in [0.15, 0.2) is 0 Å². The SMILES string of the molecule is CC1NC(=O)C(C(C)(C)C)N(Cc2ccccc2)C1=O. The zero-order valence-electron chi connectivity index (χ0n) is 12.5. The van der Waals surface area contributed by atoms with Gasteiger partial charge < -0.3 is 10.2 Å². The number of carbonyl (C=O) groups excluding carboxylic acids is 2. The van der Waals surface area contributed by atoms with Gasteiger partial charge in [-0.1, -0.05) is 51.1 Å². The highest BCUT2D eigenvalue weighted by Crippen LogP contribution is 2.29. The third-order valence-corrected chi connectivity index (χ3v) is 3.59. The fourth-order valence-corrected chi connectivity index (χ4v) is 2.68. The molecular weight excluding hydrogens is 252 g/mol. The summed E-state index contributed by atoms with van der Waals surface area (Å²) in [6.45, 7) is 8.16. The zero-order chi connectivity index (χ0) is 14.9. The molecule has 1 aliphatic heterocycles. The van der Waals surface area contributed by atoms with E-state index in [2.05, 4.69) is 5.32 Å². The van der Waals surface area contributed by atoms with Crippen molar-refractivity contribution in [2.24, 2.45) is 5.41 Å². The predicted molar refractivity (Wildman–Crippen MR) is 77.8 cm³/mol. The van der Waals surface area contributed by atoms with Crippen LogP contribution in [0, 0.1) is 5.41 Å². The maximum Gasteiger partial charge on any atom is 0.245 e. The van der Waals surface area contributed by atoms with E-state index in [4.69, 9.17) is 0 Å². The summed E-state index contributed by atoms with van der Waals surface area (Å²) in [7, 11) is 0. The van der Waals surface area contributed by atoms with Crippen LogP contribution >= 0.6 is 0 Å². The lowest BCUT2D eigenvalue weighted by atomic mass is 9.83. The maximum absolute atomic E-state index is 12.4. The van der Waals surface area contributed by atoms with E-state index in [9.17, 15) is 9.59 Å². The van der Waals surface area contributed by atoms with Crippen molar-refractivity contribution in [3.8, 4) is 0 Å². The van der Waals surface area contributed by atoms with Crippen molar-refractivity contribution < 1.29 is 9.59 Å². The minimum Gasteiger partial charge on any atom is -0.343 e. The molecule has 0 radical (unpaired) electrons. The van der Waals surface area contributed by atoms with Gasteiger partial charge in [-0.3, -0.25) is 9.59 Å². The van der Waals surface area contributed by atoms with E-state index in [-0.39, 0.29) is 17.2 Å². The van der Waals surface area contributed by atoms with Crippen LogP contribution in [0.1, 0.15) is 33.3 Å². The first-order valence-electron chi connectivity index (χ1n) is 6.95. The molecule has 1 N–H and O–H groups in total. The highest BCUT2D eigenvalue weighted by Gasteiger charge is 2.44. The van der Waals surface area contributed by atoms with Crippen LogP contribution in [0.2, 0.25) is 0 Å². The van der Waals surface area contributed by atoms with E-state index in [0.717, 1.165) is 5.56 Å². The quantitative estimate of drug-likeness (QED) is 0.896. The molecule has 1 aliphatic rings. The molecule has 2 atom stereocenters. The molecule has 0 aromatic heterocycles. The normalized spacial score (nSPS) is 23.7. The summed E-state index contributed by atoms with van der Waals surface area (Å²) < 4.78 is 0. The highest BCUT2D eigenvalue weighted by molar-refractivity contribution is 5.97. The fraction of sp³-hybridized carbons (Fsp3) is 0.500. The molecule has 0 saturated carbocycles. The van der Waals surface area contributed by atoms with Crippen LogP contribution in [0.25, 0.3) is 0 Å². The van der Waals surface area contributed by atoms with Crippen LogP contribution in [0.15, 0.2) is 30.3 Å². The molecule has 0 bridgehead atoms. The topological polar surface area (TPSA) is 49.4 Å². The van der Waals surface area contributed by atoms with Crippen molar-refractivity contribution in [2.45, 2.75) is 46.3 Å². The largest absolute Gasteiger partial charge is 0.343 e. The van der Waals surface area contributed by atoms with Gasteiger partial charge in [-0.15, -0.1) is 0 Å². The number of amides is 2. The minimum atomic E-state index is -0.454. The molecule has 1 saturated heterocycles. The molecular formula is C16H22N2O2. The molecule has 108 valence electrons. The molecule has 20 heavy (non-hydrogen) atoms. The van der Waals surface area contributed by atoms with Crippen molar-refractivity contribution >= 4 is 11.8 Å². The van der Waals surface area contributed by atoms with Crippen molar-refractivity contribution in [2.75, 3.05) is 0 Å². The Hall–Kier alpha value is -1.84. The van der Waals surface area contributed by atoms with Gasteiger partial charge in [-0.2, -0.15) is 0 Å². The van der Waals surface area contributed by atoms with Crippen LogP contribution in [-0.4, -0.2) is 28.8 Å². The van der Waals surface area contributed by atoms with Crippen LogP contribution < -0.4 is 5.32 Å². The van der Waals surface area contributed by atoms with Gasteiger partial charge in [-0.25, -0.2) is 0 Å². The number of nitrogens with zero attached hydrogens (tertiary/aromatic N) is 1. The van der Waals surface area contributed by atoms with Gasteiger partial charge >= 0.3 is 0 Å². The maximum atomic E-state index is 12.4. The average Bonchev–Trinajstić information content (AvgIpc) is 2.35. The second kappa shape index (κ2) is 5.27. The van der Waals surface area contributed by atoms with Gasteiger partial charge in [0.1, 0.15) is 12.1 Å². The van der Waals surface area contributed by atoms with Gasteiger partial charge in [0.25, 0.3) is 0 Å². The lowest BCUT2D eigenvalue weighted by Gasteiger charge is -2.44. The Bertz CT molecular complexity index is 505. The highest BCUT2D eigenvalue weighted by atomic mass is 16.2. The van der Waals surface area contributed by atoms with Crippen molar-refractivity contribution in [1.82, 2.24) is 10.2 Å². The molecule has 2 unspecified atom stereocenters. The third-order valence-electron chi connectivity index (χ3n) is 3.59. The number of nitrogens with one attached hydrogen (secondary N) is 1. The monoisotopic (exact) mass is 274 g/mol. The summed E-state index contributed by atoms with van der Waals surface area (Å²) in [4.78, 5) is 26.4. The first-order valence-corrected chi connectivity index (χ1v) is 6.95. The third kappa shape index (κ3) is 2.84. The van der Waals surface area contributed by atoms with Crippen LogP contribution in [0.5, 0.6) is 0 Å². The van der Waals surface area contributed by atoms with Gasteiger partial charge in [0.2, 0.25) is 11.8 Å². The van der Waals surface area contributed by atoms with E-state index in [0.29, 0.717) is 6.54 Å². The number of hydrogen-bond donors (Lipinski definition) is 1. The van der Waals surface area contributed by atoms with Crippen molar-refractivity contribution in [1.29, 1.82) is 0 Å². The first-order chi connectivity index (χ1) is 9.30. The Morgan fingerprint density at radius 3 is 2.30 bits per heavy atom. The Morgan fingerprint density at radius 1 is 1.15 bits per heavy atom. The first kappa shape index (κ1) is 14.6. The lowest BCUT2D eigenvalue weighted by Crippen LogP contribution is -2.65. The van der Waals surface area contributed by atoms with E-state index >= 15 is 0 Å². The lowest BCUT2D eigenvalue weighted by molar-refractivity contribution is -0.154. The standard InChI is InChI=1S/C16H22N2O2/c1-11-15(20)18(10-12-8-6-5-7-9-12)13(14(19)17-11)16(2,3)4/h5-9,11,13H,10H2,1-4H3,(H,17,19). The van der Waals surface area contributed by atoms with E-state index in [1.807, 2.05) is 51.1 Å². The van der Waals surface area contributed by atoms with Gasteiger partial charge in [0.05, 0.1) is 0 Å². The van der Waals surface area contributed by atoms with Crippen LogP contribution in [0.3, 0.4) is 0 Å². The number of benzene rings is 1. The molecule has 2 rings (SSSR count). The molecule has 4 heteroatoms. The smallest absolute Gasteiger partial charge is 0.245 e. The molecule has 0 aliphatic carbocycles. The zero-order valence-corrected chi connectivity index (χ0v) is 12.5. The average molecular weight is 274 g/mol. The molecule has 1 aromatic carbocycles. The second-order valence-electron chi connectivity index (χ2n) is 6.45. The summed E-state index contributed by atoms with van der Waals surface area (Å²) in [6.07, 6.45) is 0. The summed E-state index contributed by atoms with van der Waals surface area (Å²) in [5.41, 5.74) is 0.742. The molecule has 1 fully saturated rings. The van der Waals surface area contributed by atoms with Crippen molar-refractivity contribution in [3.63, 3.8) is 0 Å². The number of rotatable bonds is 2. The molecule has 4 nitrogen and oxygen atoms in total. The summed E-state index contributed by atoms with van der Waals surface area (Å²) in [6, 6.07) is 8.89. The van der Waals surface area contributed by atoms with Gasteiger partial charge in [-0.05, 0) is 17.9 Å². The Kier molecular flexibility index (Phi) is 3.84. The Balaban J connectivity index is 2.32. The number of hydrogen-bond acceptors (Lipinski definition) is 2. The molecule has 0 spiro atoms. The predicted octanol–water partition coefficient (Wildman–Crippen LogP) is 1.95. The van der Waals surface area contributed by atoms with E-state index < -0.39 is 12.1 Å². The molecule has 2 amide bonds.